The highest BCUT2D eigenvalue weighted by molar-refractivity contribution is 5.95. The van der Waals surface area contributed by atoms with Crippen LogP contribution in [-0.4, -0.2) is 23.3 Å². The van der Waals surface area contributed by atoms with E-state index in [0.717, 1.165) is 12.1 Å². The third-order valence-corrected chi connectivity index (χ3v) is 2.83. The van der Waals surface area contributed by atoms with Gasteiger partial charge in [-0.15, -0.1) is 0 Å². The van der Waals surface area contributed by atoms with Gasteiger partial charge in [0.2, 0.25) is 5.91 Å². The summed E-state index contributed by atoms with van der Waals surface area (Å²) in [6.45, 7) is 1.58. The Balaban J connectivity index is 2.69. The van der Waals surface area contributed by atoms with E-state index in [9.17, 15) is 24.1 Å². The van der Waals surface area contributed by atoms with Crippen molar-refractivity contribution in [3.8, 4) is 0 Å². The Bertz CT molecular complexity index is 575. The van der Waals surface area contributed by atoms with E-state index >= 15 is 0 Å². The molecule has 0 fully saturated rings. The highest BCUT2D eigenvalue weighted by Crippen LogP contribution is 2.20. The molecule has 1 rings (SSSR count). The normalized spacial score (nSPS) is 10.2. The van der Waals surface area contributed by atoms with Crippen LogP contribution in [0.1, 0.15) is 35.2 Å². The smallest absolute Gasteiger partial charge is 0.270 e. The Kier molecular flexibility index (Phi) is 5.77. The number of primary amides is 1. The molecule has 0 radical (unpaired) electrons. The lowest BCUT2D eigenvalue weighted by Crippen LogP contribution is -2.26. The highest BCUT2D eigenvalue weighted by atomic mass is 19.1. The predicted octanol–water partition coefficient (Wildman–Crippen LogP) is 1.43. The minimum absolute atomic E-state index is 0.0306. The third-order valence-electron chi connectivity index (χ3n) is 2.83. The van der Waals surface area contributed by atoms with Crippen LogP contribution in [0, 0.1) is 22.9 Å². The van der Waals surface area contributed by atoms with E-state index in [-0.39, 0.29) is 29.8 Å². The molecule has 0 saturated carbocycles. The largest absolute Gasteiger partial charge is 0.370 e. The number of nitrogens with one attached hydrogen (secondary N) is 1. The maximum Gasteiger partial charge on any atom is 0.270 e. The van der Waals surface area contributed by atoms with Gasteiger partial charge in [-0.25, -0.2) is 4.39 Å². The summed E-state index contributed by atoms with van der Waals surface area (Å²) in [6, 6.07) is 1.97. The van der Waals surface area contributed by atoms with E-state index < -0.39 is 22.6 Å². The number of hydrogen-bond acceptors (Lipinski definition) is 4. The summed E-state index contributed by atoms with van der Waals surface area (Å²) < 4.78 is 13.8. The van der Waals surface area contributed by atoms with Gasteiger partial charge in [-0.1, -0.05) is 0 Å². The lowest BCUT2D eigenvalue weighted by Gasteiger charge is -2.07. The highest BCUT2D eigenvalue weighted by Gasteiger charge is 2.19. The number of hydrogen-bond donors (Lipinski definition) is 2. The van der Waals surface area contributed by atoms with Crippen LogP contribution in [0.3, 0.4) is 0 Å². The van der Waals surface area contributed by atoms with E-state index in [1.165, 1.54) is 6.92 Å². The number of nitro groups is 1. The van der Waals surface area contributed by atoms with Crippen LogP contribution in [0.15, 0.2) is 12.1 Å². The van der Waals surface area contributed by atoms with Gasteiger partial charge in [0.25, 0.3) is 11.6 Å². The fraction of sp³-hybridized carbons (Fsp3) is 0.385. The second-order valence-electron chi connectivity index (χ2n) is 4.56. The van der Waals surface area contributed by atoms with Gasteiger partial charge in [0.1, 0.15) is 5.82 Å². The number of carbonyl (C=O) groups excluding carboxylic acids is 2. The molecule has 2 amide bonds. The second kappa shape index (κ2) is 7.32. The lowest BCUT2D eigenvalue weighted by molar-refractivity contribution is -0.385. The molecule has 114 valence electrons. The molecule has 0 bridgehead atoms. The standard InChI is InChI=1S/C13H16FN3O4/c1-8-6-9(17(20)21)7-10(12(8)14)13(19)16-5-3-2-4-11(15)18/h6-7H,2-5H2,1H3,(H2,15,18)(H,16,19). The quantitative estimate of drug-likeness (QED) is 0.450. The number of carbonyl (C=O) groups is 2. The van der Waals surface area contributed by atoms with Crippen molar-refractivity contribution in [2.45, 2.75) is 26.2 Å². The number of aryl methyl sites for hydroxylation is 1. The molecule has 0 saturated heterocycles. The molecule has 7 nitrogen and oxygen atoms in total. The van der Waals surface area contributed by atoms with Gasteiger partial charge in [0.05, 0.1) is 10.5 Å². The number of benzene rings is 1. The van der Waals surface area contributed by atoms with Crippen LogP contribution in [0.2, 0.25) is 0 Å². The van der Waals surface area contributed by atoms with Gasteiger partial charge >= 0.3 is 0 Å². The number of nitrogens with two attached hydrogens (primary N) is 1. The van der Waals surface area contributed by atoms with Crippen LogP contribution in [-0.2, 0) is 4.79 Å². The predicted molar refractivity (Wildman–Crippen MR) is 73.2 cm³/mol. The van der Waals surface area contributed by atoms with E-state index in [1.807, 2.05) is 0 Å². The number of unbranched alkanes of at least 4 members (excludes halogenated alkanes) is 1. The van der Waals surface area contributed by atoms with Crippen molar-refractivity contribution in [3.05, 3.63) is 39.2 Å². The van der Waals surface area contributed by atoms with Crippen molar-refractivity contribution in [2.75, 3.05) is 6.54 Å². The minimum Gasteiger partial charge on any atom is -0.370 e. The van der Waals surface area contributed by atoms with E-state index in [2.05, 4.69) is 5.32 Å². The van der Waals surface area contributed by atoms with Gasteiger partial charge in [-0.05, 0) is 25.3 Å². The maximum absolute atomic E-state index is 13.8. The van der Waals surface area contributed by atoms with Crippen LogP contribution in [0.25, 0.3) is 0 Å². The van der Waals surface area contributed by atoms with Gasteiger partial charge in [-0.2, -0.15) is 0 Å². The van der Waals surface area contributed by atoms with Gasteiger partial charge in [-0.3, -0.25) is 19.7 Å². The van der Waals surface area contributed by atoms with Gasteiger partial charge < -0.3 is 11.1 Å². The van der Waals surface area contributed by atoms with Crippen molar-refractivity contribution in [2.24, 2.45) is 5.73 Å². The first-order valence-electron chi connectivity index (χ1n) is 6.34. The van der Waals surface area contributed by atoms with Crippen LogP contribution >= 0.6 is 0 Å². The molecule has 8 heteroatoms. The first kappa shape index (κ1) is 16.5. The van der Waals surface area contributed by atoms with Crippen LogP contribution in [0.5, 0.6) is 0 Å². The van der Waals surface area contributed by atoms with Crippen molar-refractivity contribution in [1.82, 2.24) is 5.32 Å². The molecule has 0 unspecified atom stereocenters. The molecule has 3 N–H and O–H groups in total. The number of rotatable bonds is 7. The SMILES string of the molecule is Cc1cc([N+](=O)[O-])cc(C(=O)NCCCCC(N)=O)c1F. The molecular formula is C13H16FN3O4. The summed E-state index contributed by atoms with van der Waals surface area (Å²) in [7, 11) is 0. The van der Waals surface area contributed by atoms with E-state index in [4.69, 9.17) is 5.73 Å². The van der Waals surface area contributed by atoms with E-state index in [0.29, 0.717) is 12.8 Å². The Hall–Kier alpha value is -2.51. The lowest BCUT2D eigenvalue weighted by atomic mass is 10.1. The molecule has 0 aromatic heterocycles. The molecule has 0 heterocycles. The summed E-state index contributed by atoms with van der Waals surface area (Å²) >= 11 is 0. The average Bonchev–Trinajstić information content (AvgIpc) is 2.40. The third kappa shape index (κ3) is 4.83. The number of nitrogens with zero attached hydrogens (tertiary/aromatic N) is 1. The van der Waals surface area contributed by atoms with Crippen molar-refractivity contribution >= 4 is 17.5 Å². The van der Waals surface area contributed by atoms with Crippen LogP contribution in [0.4, 0.5) is 10.1 Å². The molecule has 1 aromatic rings. The topological polar surface area (TPSA) is 115 Å². The summed E-state index contributed by atoms with van der Waals surface area (Å²) in [5.74, 6) is -1.93. The van der Waals surface area contributed by atoms with Crippen molar-refractivity contribution < 1.29 is 18.9 Å². The van der Waals surface area contributed by atoms with Crippen molar-refractivity contribution in [3.63, 3.8) is 0 Å². The first-order chi connectivity index (χ1) is 9.82. The van der Waals surface area contributed by atoms with Crippen molar-refractivity contribution in [1.29, 1.82) is 0 Å². The molecule has 0 aliphatic rings. The number of non-ortho nitro benzene ring substituents is 1. The molecular weight excluding hydrogens is 281 g/mol. The van der Waals surface area contributed by atoms with Crippen LogP contribution < -0.4 is 11.1 Å². The molecule has 0 spiro atoms. The Labute approximate surface area is 120 Å². The Morgan fingerprint density at radius 1 is 1.38 bits per heavy atom. The molecule has 21 heavy (non-hydrogen) atoms. The van der Waals surface area contributed by atoms with Gasteiger partial charge in [0, 0.05) is 25.1 Å². The number of nitro benzene ring substituents is 1. The van der Waals surface area contributed by atoms with E-state index in [1.54, 1.807) is 0 Å². The summed E-state index contributed by atoms with van der Waals surface area (Å²) in [5, 5.41) is 13.2. The fourth-order valence-corrected chi connectivity index (χ4v) is 1.74. The Morgan fingerprint density at radius 3 is 2.62 bits per heavy atom. The average molecular weight is 297 g/mol. The van der Waals surface area contributed by atoms with Gasteiger partial charge in [0.15, 0.2) is 0 Å². The fourth-order valence-electron chi connectivity index (χ4n) is 1.74. The molecule has 0 atom stereocenters. The second-order valence-corrected chi connectivity index (χ2v) is 4.56. The molecule has 0 aliphatic heterocycles. The zero-order valence-electron chi connectivity index (χ0n) is 11.5. The Morgan fingerprint density at radius 2 is 2.05 bits per heavy atom. The summed E-state index contributed by atoms with van der Waals surface area (Å²) in [4.78, 5) is 32.4. The molecule has 0 aliphatic carbocycles. The maximum atomic E-state index is 13.8. The number of halogens is 1. The number of amides is 2. The summed E-state index contributed by atoms with van der Waals surface area (Å²) in [6.07, 6.45) is 1.22. The zero-order valence-corrected chi connectivity index (χ0v) is 11.5. The minimum atomic E-state index is -0.782. The molecule has 1 aromatic carbocycles. The monoisotopic (exact) mass is 297 g/mol. The first-order valence-corrected chi connectivity index (χ1v) is 6.34. The zero-order chi connectivity index (χ0) is 16.0. The summed E-state index contributed by atoms with van der Waals surface area (Å²) in [5.41, 5.74) is 4.29.